The molecule has 19 heavy (non-hydrogen) atoms. The maximum atomic E-state index is 12.3. The van der Waals surface area contributed by atoms with E-state index in [4.69, 9.17) is 14.5 Å². The second-order valence-corrected chi connectivity index (χ2v) is 4.65. The van der Waals surface area contributed by atoms with Crippen LogP contribution in [0.4, 0.5) is 4.39 Å². The van der Waals surface area contributed by atoms with Gasteiger partial charge in [0.2, 0.25) is 0 Å². The van der Waals surface area contributed by atoms with Crippen LogP contribution in [-0.2, 0) is 0 Å². The lowest BCUT2D eigenvalue weighted by Gasteiger charge is -2.13. The normalized spacial score (nSPS) is 11.8. The van der Waals surface area contributed by atoms with E-state index in [1.54, 1.807) is 24.3 Å². The molecular weight excluding hydrogens is 315 g/mol. The number of nitriles is 1. The van der Waals surface area contributed by atoms with Gasteiger partial charge in [0, 0.05) is 22.5 Å². The molecule has 1 atom stereocenters. The van der Waals surface area contributed by atoms with Crippen molar-refractivity contribution in [2.75, 3.05) is 6.67 Å². The molecule has 1 heterocycles. The molecule has 98 valence electrons. The van der Waals surface area contributed by atoms with Crippen molar-refractivity contribution in [3.05, 3.63) is 35.0 Å². The molecule has 0 bridgehead atoms. The van der Waals surface area contributed by atoms with Gasteiger partial charge in [-0.2, -0.15) is 5.26 Å². The maximum absolute atomic E-state index is 12.3. The molecule has 0 amide bonds. The van der Waals surface area contributed by atoms with Crippen LogP contribution in [0.3, 0.4) is 0 Å². The standard InChI is InChI=1S/C13H10BrFN2O2/c14-9-1-2-13(19-10(8-16)3-5-15)11(7-9)12-4-6-18-17-12/h1-2,4,6-7,10H,3,5H2/t10-/m0/s1. The highest BCUT2D eigenvalue weighted by Crippen LogP contribution is 2.32. The average molecular weight is 325 g/mol. The molecule has 4 nitrogen and oxygen atoms in total. The highest BCUT2D eigenvalue weighted by atomic mass is 79.9. The van der Waals surface area contributed by atoms with Gasteiger partial charge in [-0.3, -0.25) is 4.39 Å². The summed E-state index contributed by atoms with van der Waals surface area (Å²) in [6.07, 6.45) is 0.658. The number of benzene rings is 1. The zero-order chi connectivity index (χ0) is 13.7. The SMILES string of the molecule is N#C[C@H](CCF)Oc1ccc(Br)cc1-c1ccon1. The summed E-state index contributed by atoms with van der Waals surface area (Å²) in [5.41, 5.74) is 1.27. The van der Waals surface area contributed by atoms with E-state index in [9.17, 15) is 4.39 Å². The zero-order valence-electron chi connectivity index (χ0n) is 9.85. The van der Waals surface area contributed by atoms with Gasteiger partial charge in [0.25, 0.3) is 0 Å². The fraction of sp³-hybridized carbons (Fsp3) is 0.231. The van der Waals surface area contributed by atoms with Crippen LogP contribution in [0.5, 0.6) is 5.75 Å². The van der Waals surface area contributed by atoms with E-state index in [2.05, 4.69) is 21.1 Å². The Labute approximate surface area is 117 Å². The van der Waals surface area contributed by atoms with Crippen molar-refractivity contribution in [3.63, 3.8) is 0 Å². The van der Waals surface area contributed by atoms with Crippen molar-refractivity contribution in [1.29, 1.82) is 5.26 Å². The Balaban J connectivity index is 2.33. The largest absolute Gasteiger partial charge is 0.475 e. The molecule has 0 aliphatic carbocycles. The summed E-state index contributed by atoms with van der Waals surface area (Å²) in [6.45, 7) is -0.603. The molecule has 1 aromatic carbocycles. The topological polar surface area (TPSA) is 59.0 Å². The molecule has 0 saturated heterocycles. The molecule has 0 saturated carbocycles. The number of aromatic nitrogens is 1. The van der Waals surface area contributed by atoms with Crippen LogP contribution < -0.4 is 4.74 Å². The minimum absolute atomic E-state index is 0.0326. The average Bonchev–Trinajstić information content (AvgIpc) is 2.94. The van der Waals surface area contributed by atoms with E-state index < -0.39 is 12.8 Å². The first-order valence-electron chi connectivity index (χ1n) is 5.57. The van der Waals surface area contributed by atoms with Crippen molar-refractivity contribution in [3.8, 4) is 23.1 Å². The minimum Gasteiger partial charge on any atom is -0.475 e. The van der Waals surface area contributed by atoms with Crippen LogP contribution in [0, 0.1) is 11.3 Å². The number of nitrogens with zero attached hydrogens (tertiary/aromatic N) is 2. The summed E-state index contributed by atoms with van der Waals surface area (Å²) in [6, 6.07) is 8.89. The highest BCUT2D eigenvalue weighted by Gasteiger charge is 2.15. The Morgan fingerprint density at radius 1 is 1.47 bits per heavy atom. The van der Waals surface area contributed by atoms with Gasteiger partial charge in [0.15, 0.2) is 6.10 Å². The molecule has 1 aromatic heterocycles. The number of hydrogen-bond acceptors (Lipinski definition) is 4. The summed E-state index contributed by atoms with van der Waals surface area (Å²) in [5.74, 6) is 0.470. The molecule has 0 spiro atoms. The fourth-order valence-corrected chi connectivity index (χ4v) is 1.92. The van der Waals surface area contributed by atoms with E-state index in [1.165, 1.54) is 6.26 Å². The third-order valence-electron chi connectivity index (χ3n) is 2.44. The van der Waals surface area contributed by atoms with Crippen molar-refractivity contribution in [2.24, 2.45) is 0 Å². The molecule has 2 aromatic rings. The predicted octanol–water partition coefficient (Wildman–Crippen LogP) is 3.73. The number of hydrogen-bond donors (Lipinski definition) is 0. The van der Waals surface area contributed by atoms with E-state index in [1.807, 2.05) is 6.07 Å². The van der Waals surface area contributed by atoms with Crippen LogP contribution in [0.25, 0.3) is 11.3 Å². The Morgan fingerprint density at radius 2 is 2.32 bits per heavy atom. The van der Waals surface area contributed by atoms with Gasteiger partial charge in [-0.25, -0.2) is 0 Å². The van der Waals surface area contributed by atoms with E-state index in [-0.39, 0.29) is 6.42 Å². The van der Waals surface area contributed by atoms with Gasteiger partial charge in [0.05, 0.1) is 6.67 Å². The quantitative estimate of drug-likeness (QED) is 0.840. The number of halogens is 2. The second-order valence-electron chi connectivity index (χ2n) is 3.74. The second kappa shape index (κ2) is 6.34. The predicted molar refractivity (Wildman–Crippen MR) is 70.3 cm³/mol. The van der Waals surface area contributed by atoms with Crippen LogP contribution in [0.1, 0.15) is 6.42 Å². The summed E-state index contributed by atoms with van der Waals surface area (Å²) in [5, 5.41) is 12.7. The molecule has 0 aliphatic heterocycles. The summed E-state index contributed by atoms with van der Waals surface area (Å²) in [7, 11) is 0. The summed E-state index contributed by atoms with van der Waals surface area (Å²) in [4.78, 5) is 0. The third kappa shape index (κ3) is 3.32. The smallest absolute Gasteiger partial charge is 0.187 e. The Bertz CT molecular complexity index is 581. The van der Waals surface area contributed by atoms with E-state index >= 15 is 0 Å². The lowest BCUT2D eigenvalue weighted by molar-refractivity contribution is 0.230. The first-order valence-corrected chi connectivity index (χ1v) is 6.36. The Hall–Kier alpha value is -1.87. The van der Waals surface area contributed by atoms with Gasteiger partial charge in [-0.05, 0) is 18.2 Å². The number of alkyl halides is 1. The van der Waals surface area contributed by atoms with E-state index in [0.29, 0.717) is 17.0 Å². The lowest BCUT2D eigenvalue weighted by Crippen LogP contribution is -2.15. The molecule has 0 N–H and O–H groups in total. The monoisotopic (exact) mass is 324 g/mol. The van der Waals surface area contributed by atoms with Gasteiger partial charge < -0.3 is 9.26 Å². The highest BCUT2D eigenvalue weighted by molar-refractivity contribution is 9.10. The van der Waals surface area contributed by atoms with Crippen LogP contribution in [-0.4, -0.2) is 17.9 Å². The van der Waals surface area contributed by atoms with Crippen molar-refractivity contribution < 1.29 is 13.7 Å². The molecule has 0 aliphatic rings. The Morgan fingerprint density at radius 3 is 2.95 bits per heavy atom. The molecule has 2 rings (SSSR count). The Kier molecular flexibility index (Phi) is 4.53. The van der Waals surface area contributed by atoms with Crippen molar-refractivity contribution >= 4 is 15.9 Å². The van der Waals surface area contributed by atoms with E-state index in [0.717, 1.165) is 4.47 Å². The zero-order valence-corrected chi connectivity index (χ0v) is 11.4. The van der Waals surface area contributed by atoms with Crippen molar-refractivity contribution in [1.82, 2.24) is 5.16 Å². The van der Waals surface area contributed by atoms with Gasteiger partial charge in [0.1, 0.15) is 23.8 Å². The third-order valence-corrected chi connectivity index (χ3v) is 2.93. The minimum atomic E-state index is -0.822. The number of ether oxygens (including phenoxy) is 1. The molecular formula is C13H10BrFN2O2. The van der Waals surface area contributed by atoms with Gasteiger partial charge >= 0.3 is 0 Å². The molecule has 0 fully saturated rings. The first kappa shape index (κ1) is 13.6. The summed E-state index contributed by atoms with van der Waals surface area (Å²) >= 11 is 3.36. The van der Waals surface area contributed by atoms with Gasteiger partial charge in [-0.1, -0.05) is 21.1 Å². The van der Waals surface area contributed by atoms with Crippen LogP contribution >= 0.6 is 15.9 Å². The van der Waals surface area contributed by atoms with Crippen LogP contribution in [0.2, 0.25) is 0 Å². The molecule has 6 heteroatoms. The molecule has 0 unspecified atom stereocenters. The fourth-order valence-electron chi connectivity index (χ4n) is 1.56. The van der Waals surface area contributed by atoms with Crippen LogP contribution in [0.15, 0.2) is 39.5 Å². The summed E-state index contributed by atoms with van der Waals surface area (Å²) < 4.78 is 23.5. The maximum Gasteiger partial charge on any atom is 0.187 e. The van der Waals surface area contributed by atoms with Gasteiger partial charge in [-0.15, -0.1) is 0 Å². The van der Waals surface area contributed by atoms with Crippen molar-refractivity contribution in [2.45, 2.75) is 12.5 Å². The lowest BCUT2D eigenvalue weighted by atomic mass is 10.1. The number of rotatable bonds is 5. The molecule has 0 radical (unpaired) electrons. The first-order chi connectivity index (χ1) is 9.24.